The number of hydrogen-bond donors (Lipinski definition) is 1. The van der Waals surface area contributed by atoms with Crippen LogP contribution in [0.4, 0.5) is 13.2 Å². The van der Waals surface area contributed by atoms with Crippen LogP contribution in [0.2, 0.25) is 5.02 Å². The summed E-state index contributed by atoms with van der Waals surface area (Å²) in [6.45, 7) is 0. The van der Waals surface area contributed by atoms with Crippen LogP contribution in [0.3, 0.4) is 0 Å². The van der Waals surface area contributed by atoms with Gasteiger partial charge < -0.3 is 14.6 Å². The van der Waals surface area contributed by atoms with E-state index in [1.165, 1.54) is 12.1 Å². The first-order valence-corrected chi connectivity index (χ1v) is 6.17. The summed E-state index contributed by atoms with van der Waals surface area (Å²) in [7, 11) is 2.22. The zero-order chi connectivity index (χ0) is 16.3. The number of benzene rings is 1. The van der Waals surface area contributed by atoms with E-state index >= 15 is 0 Å². The third kappa shape index (κ3) is 3.94. The molecule has 118 valence electrons. The molecule has 0 saturated heterocycles. The molecule has 1 aromatic carbocycles. The largest absolute Gasteiger partial charge is 0.421 e. The molecule has 0 radical (unpaired) electrons. The number of carbonyl (C=O) groups excluding carboxylic acids is 1. The Morgan fingerprint density at radius 2 is 1.71 bits per heavy atom. The normalized spacial score (nSPS) is 15.0. The van der Waals surface area contributed by atoms with Gasteiger partial charge in [0.15, 0.2) is 11.4 Å². The van der Waals surface area contributed by atoms with Crippen molar-refractivity contribution in [2.45, 2.75) is 24.5 Å². The fraction of sp³-hybridized carbons (Fsp3) is 0.462. The maximum Gasteiger partial charge on any atom is 0.421 e. The Labute approximate surface area is 124 Å². The highest BCUT2D eigenvalue weighted by molar-refractivity contribution is 6.30. The first kappa shape index (κ1) is 17.9. The van der Waals surface area contributed by atoms with Crippen LogP contribution in [0, 0.1) is 0 Å². The lowest BCUT2D eigenvalue weighted by molar-refractivity contribution is -0.269. The zero-order valence-electron chi connectivity index (χ0n) is 11.3. The molecule has 1 N–H and O–H groups in total. The second-order valence-electron chi connectivity index (χ2n) is 4.31. The van der Waals surface area contributed by atoms with Gasteiger partial charge >= 0.3 is 6.18 Å². The van der Waals surface area contributed by atoms with Crippen LogP contribution in [0.1, 0.15) is 12.0 Å². The predicted molar refractivity (Wildman–Crippen MR) is 68.8 cm³/mol. The molecular formula is C13H14ClF3O4. The molecule has 0 saturated carbocycles. The molecule has 4 nitrogen and oxygen atoms in total. The molecule has 0 aliphatic heterocycles. The Morgan fingerprint density at radius 3 is 2.10 bits per heavy atom. The van der Waals surface area contributed by atoms with Crippen molar-refractivity contribution in [1.82, 2.24) is 0 Å². The van der Waals surface area contributed by atoms with E-state index in [-0.39, 0.29) is 5.02 Å². The van der Waals surface area contributed by atoms with Gasteiger partial charge in [0.2, 0.25) is 6.29 Å². The molecule has 0 fully saturated rings. The molecule has 8 heteroatoms. The van der Waals surface area contributed by atoms with Gasteiger partial charge in [0.1, 0.15) is 0 Å². The van der Waals surface area contributed by atoms with Crippen LogP contribution < -0.4 is 0 Å². The van der Waals surface area contributed by atoms with Gasteiger partial charge in [-0.25, -0.2) is 0 Å². The molecule has 0 bridgehead atoms. The summed E-state index contributed by atoms with van der Waals surface area (Å²) in [4.78, 5) is 11.8. The molecule has 1 aromatic rings. The lowest BCUT2D eigenvalue weighted by Gasteiger charge is -2.31. The molecule has 0 amide bonds. The maximum atomic E-state index is 13.2. The van der Waals surface area contributed by atoms with Crippen LogP contribution in [-0.2, 0) is 19.9 Å². The van der Waals surface area contributed by atoms with E-state index in [1.54, 1.807) is 0 Å². The number of ether oxygens (including phenoxy) is 2. The first-order chi connectivity index (χ1) is 9.65. The van der Waals surface area contributed by atoms with Crippen molar-refractivity contribution in [2.75, 3.05) is 14.2 Å². The number of methoxy groups -OCH3 is 2. The van der Waals surface area contributed by atoms with Crippen molar-refractivity contribution < 1.29 is 32.5 Å². The Balaban J connectivity index is 3.17. The van der Waals surface area contributed by atoms with E-state index in [4.69, 9.17) is 11.6 Å². The van der Waals surface area contributed by atoms with Crippen molar-refractivity contribution in [3.8, 4) is 0 Å². The highest BCUT2D eigenvalue weighted by Crippen LogP contribution is 2.42. The number of halogens is 4. The van der Waals surface area contributed by atoms with Crippen LogP contribution in [-0.4, -0.2) is 37.6 Å². The highest BCUT2D eigenvalue weighted by atomic mass is 35.5. The highest BCUT2D eigenvalue weighted by Gasteiger charge is 2.56. The van der Waals surface area contributed by atoms with Crippen LogP contribution >= 0.6 is 11.6 Å². The quantitative estimate of drug-likeness (QED) is 0.817. The summed E-state index contributed by atoms with van der Waals surface area (Å²) in [6.07, 6.45) is -7.77. The average Bonchev–Trinajstić information content (AvgIpc) is 2.39. The molecule has 0 aliphatic rings. The van der Waals surface area contributed by atoms with Crippen molar-refractivity contribution >= 4 is 17.4 Å². The average molecular weight is 327 g/mol. The van der Waals surface area contributed by atoms with Crippen molar-refractivity contribution in [3.05, 3.63) is 34.9 Å². The van der Waals surface area contributed by atoms with E-state index in [0.29, 0.717) is 0 Å². The zero-order valence-corrected chi connectivity index (χ0v) is 12.0. The topological polar surface area (TPSA) is 55.8 Å². The van der Waals surface area contributed by atoms with E-state index < -0.39 is 35.8 Å². The fourth-order valence-corrected chi connectivity index (χ4v) is 1.91. The standard InChI is InChI=1S/C13H14ClF3O4/c1-20-11(21-2)10(18)7-12(19,13(15,16)17)8-3-5-9(14)6-4-8/h3-6,11,19H,7H2,1-2H3/t12-/m0/s1. The molecule has 1 atom stereocenters. The fourth-order valence-electron chi connectivity index (χ4n) is 1.79. The van der Waals surface area contributed by atoms with Crippen LogP contribution in [0.15, 0.2) is 24.3 Å². The second kappa shape index (κ2) is 6.74. The van der Waals surface area contributed by atoms with Gasteiger partial charge in [-0.3, -0.25) is 4.79 Å². The minimum absolute atomic E-state index is 0.210. The number of hydrogen-bond acceptors (Lipinski definition) is 4. The minimum Gasteiger partial charge on any atom is -0.376 e. The monoisotopic (exact) mass is 326 g/mol. The molecule has 0 heterocycles. The Kier molecular flexibility index (Phi) is 5.75. The summed E-state index contributed by atoms with van der Waals surface area (Å²) in [5.41, 5.74) is -3.83. The number of ketones is 1. The van der Waals surface area contributed by atoms with Gasteiger partial charge in [-0.15, -0.1) is 0 Å². The Hall–Kier alpha value is -1.15. The van der Waals surface area contributed by atoms with E-state index in [2.05, 4.69) is 9.47 Å². The summed E-state index contributed by atoms with van der Waals surface area (Å²) < 4.78 is 48.8. The minimum atomic E-state index is -5.05. The maximum absolute atomic E-state index is 13.2. The summed E-state index contributed by atoms with van der Waals surface area (Å²) in [6, 6.07) is 4.42. The summed E-state index contributed by atoms with van der Waals surface area (Å²) >= 11 is 5.61. The number of alkyl halides is 3. The molecular weight excluding hydrogens is 313 g/mol. The first-order valence-electron chi connectivity index (χ1n) is 5.79. The summed E-state index contributed by atoms with van der Waals surface area (Å²) in [5.74, 6) is -1.03. The van der Waals surface area contributed by atoms with Crippen molar-refractivity contribution in [1.29, 1.82) is 0 Å². The molecule has 0 spiro atoms. The Bertz CT molecular complexity index is 485. The molecule has 0 unspecified atom stereocenters. The number of carbonyl (C=O) groups is 1. The Morgan fingerprint density at radius 1 is 1.24 bits per heavy atom. The third-order valence-electron chi connectivity index (χ3n) is 2.91. The van der Waals surface area contributed by atoms with Gasteiger partial charge in [-0.05, 0) is 17.7 Å². The van der Waals surface area contributed by atoms with Gasteiger partial charge in [0.25, 0.3) is 0 Å². The van der Waals surface area contributed by atoms with Crippen LogP contribution in [0.5, 0.6) is 0 Å². The molecule has 21 heavy (non-hydrogen) atoms. The van der Waals surface area contributed by atoms with E-state index in [0.717, 1.165) is 26.4 Å². The predicted octanol–water partition coefficient (Wildman–Crippen LogP) is 2.67. The number of Topliss-reactive ketones (excluding diaryl/α,β-unsaturated/α-hetero) is 1. The van der Waals surface area contributed by atoms with Gasteiger partial charge in [-0.2, -0.15) is 13.2 Å². The molecule has 1 rings (SSSR count). The second-order valence-corrected chi connectivity index (χ2v) is 4.75. The lowest BCUT2D eigenvalue weighted by Crippen LogP contribution is -2.46. The van der Waals surface area contributed by atoms with Crippen molar-refractivity contribution in [2.24, 2.45) is 0 Å². The van der Waals surface area contributed by atoms with Gasteiger partial charge in [0.05, 0.1) is 6.42 Å². The SMILES string of the molecule is COC(OC)C(=O)C[C@](O)(c1ccc(Cl)cc1)C(F)(F)F. The van der Waals surface area contributed by atoms with Crippen LogP contribution in [0.25, 0.3) is 0 Å². The lowest BCUT2D eigenvalue weighted by atomic mass is 9.87. The molecule has 0 aliphatic carbocycles. The number of aliphatic hydroxyl groups is 1. The van der Waals surface area contributed by atoms with E-state index in [9.17, 15) is 23.1 Å². The van der Waals surface area contributed by atoms with Crippen molar-refractivity contribution in [3.63, 3.8) is 0 Å². The van der Waals surface area contributed by atoms with E-state index in [1.807, 2.05) is 0 Å². The smallest absolute Gasteiger partial charge is 0.376 e. The third-order valence-corrected chi connectivity index (χ3v) is 3.16. The van der Waals surface area contributed by atoms with Gasteiger partial charge in [-0.1, -0.05) is 23.7 Å². The van der Waals surface area contributed by atoms with Gasteiger partial charge in [0, 0.05) is 19.2 Å². The summed E-state index contributed by atoms with van der Waals surface area (Å²) in [5, 5.41) is 10.2. The molecule has 0 aromatic heterocycles. The number of rotatable bonds is 6.